The number of carbonyl (C=O) groups excluding carboxylic acids is 2. The summed E-state index contributed by atoms with van der Waals surface area (Å²) in [6, 6.07) is 19.5. The second kappa shape index (κ2) is 9.75. The van der Waals surface area contributed by atoms with Crippen molar-refractivity contribution in [2.75, 3.05) is 19.7 Å². The molecule has 1 N–H and O–H groups in total. The number of amides is 2. The lowest BCUT2D eigenvalue weighted by atomic mass is 9.86. The van der Waals surface area contributed by atoms with Crippen molar-refractivity contribution in [1.29, 1.82) is 0 Å². The molecule has 0 saturated carbocycles. The van der Waals surface area contributed by atoms with Gasteiger partial charge in [0.2, 0.25) is 5.91 Å². The number of carbonyl (C=O) groups is 2. The van der Waals surface area contributed by atoms with Gasteiger partial charge in [0.1, 0.15) is 17.9 Å². The minimum Gasteiger partial charge on any atom is -0.388 e. The van der Waals surface area contributed by atoms with Crippen molar-refractivity contribution in [1.82, 2.24) is 10.2 Å². The third-order valence-electron chi connectivity index (χ3n) is 5.76. The summed E-state index contributed by atoms with van der Waals surface area (Å²) in [6.45, 7) is 2.08. The van der Waals surface area contributed by atoms with Crippen LogP contribution in [-0.2, 0) is 32.3 Å². The van der Waals surface area contributed by atoms with E-state index in [4.69, 9.17) is 9.57 Å². The molecule has 7 heteroatoms. The fourth-order valence-corrected chi connectivity index (χ4v) is 3.88. The number of nitrogens with one attached hydrogen (secondary N) is 1. The summed E-state index contributed by atoms with van der Waals surface area (Å²) in [5.41, 5.74) is 2.01. The van der Waals surface area contributed by atoms with Gasteiger partial charge in [0.05, 0.1) is 6.61 Å². The molecule has 2 aliphatic heterocycles. The van der Waals surface area contributed by atoms with Gasteiger partial charge in [-0.15, -0.1) is 0 Å². The summed E-state index contributed by atoms with van der Waals surface area (Å²) in [4.78, 5) is 32.4. The van der Waals surface area contributed by atoms with E-state index in [1.54, 1.807) is 4.90 Å². The van der Waals surface area contributed by atoms with Crippen LogP contribution in [0.25, 0.3) is 0 Å². The Bertz CT molecular complexity index is 922. The Balaban J connectivity index is 1.19. The highest BCUT2D eigenvalue weighted by molar-refractivity contribution is 6.39. The summed E-state index contributed by atoms with van der Waals surface area (Å²) in [5, 5.41) is 6.95. The van der Waals surface area contributed by atoms with Crippen LogP contribution in [0.2, 0.25) is 0 Å². The first kappa shape index (κ1) is 21.1. The number of hydrogen-bond acceptors (Lipinski definition) is 5. The van der Waals surface area contributed by atoms with Crippen LogP contribution in [0.15, 0.2) is 65.8 Å². The molecular weight excluding hydrogens is 394 g/mol. The molecule has 0 radical (unpaired) electrons. The molecule has 0 aromatic heterocycles. The van der Waals surface area contributed by atoms with Crippen molar-refractivity contribution in [3.63, 3.8) is 0 Å². The van der Waals surface area contributed by atoms with Gasteiger partial charge in [-0.2, -0.15) is 0 Å². The van der Waals surface area contributed by atoms with Crippen molar-refractivity contribution < 1.29 is 19.2 Å². The molecule has 1 saturated heterocycles. The number of nitrogens with zero attached hydrogens (tertiary/aromatic N) is 2. The number of piperidine rings is 1. The van der Waals surface area contributed by atoms with E-state index in [0.29, 0.717) is 51.2 Å². The zero-order valence-corrected chi connectivity index (χ0v) is 17.5. The van der Waals surface area contributed by atoms with Gasteiger partial charge in [-0.1, -0.05) is 65.8 Å². The lowest BCUT2D eigenvalue weighted by Crippen LogP contribution is -2.48. The van der Waals surface area contributed by atoms with Crippen LogP contribution < -0.4 is 5.32 Å². The van der Waals surface area contributed by atoms with Crippen molar-refractivity contribution in [2.24, 2.45) is 5.16 Å². The van der Waals surface area contributed by atoms with Gasteiger partial charge in [-0.05, 0) is 11.1 Å². The molecule has 162 valence electrons. The number of benzene rings is 2. The average Bonchev–Trinajstić information content (AvgIpc) is 3.23. The standard InChI is InChI=1S/C24H27N3O4/c28-22(18-30-17-20-9-5-2-6-10-20)27-13-11-24(12-14-27)15-21(26-31-24)23(29)25-16-19-7-3-1-4-8-19/h1-10H,11-18H2,(H,25,29). The first-order valence-electron chi connectivity index (χ1n) is 10.6. The summed E-state index contributed by atoms with van der Waals surface area (Å²) < 4.78 is 5.57. The molecule has 2 amide bonds. The second-order valence-electron chi connectivity index (χ2n) is 8.02. The van der Waals surface area contributed by atoms with Crippen molar-refractivity contribution in [2.45, 2.75) is 38.0 Å². The van der Waals surface area contributed by atoms with E-state index in [0.717, 1.165) is 11.1 Å². The van der Waals surface area contributed by atoms with Crippen molar-refractivity contribution in [3.05, 3.63) is 71.8 Å². The molecular formula is C24H27N3O4. The average molecular weight is 421 g/mol. The molecule has 2 aliphatic rings. The Morgan fingerprint density at radius 2 is 1.65 bits per heavy atom. The van der Waals surface area contributed by atoms with Gasteiger partial charge in [0, 0.05) is 38.9 Å². The monoisotopic (exact) mass is 421 g/mol. The number of oxime groups is 1. The highest BCUT2D eigenvalue weighted by Gasteiger charge is 2.44. The van der Waals surface area contributed by atoms with E-state index in [-0.39, 0.29) is 18.4 Å². The van der Waals surface area contributed by atoms with E-state index >= 15 is 0 Å². The van der Waals surface area contributed by atoms with Gasteiger partial charge in [-0.3, -0.25) is 9.59 Å². The van der Waals surface area contributed by atoms with Gasteiger partial charge < -0.3 is 19.8 Å². The Morgan fingerprint density at radius 1 is 1.00 bits per heavy atom. The van der Waals surface area contributed by atoms with Crippen LogP contribution in [0.4, 0.5) is 0 Å². The maximum atomic E-state index is 12.5. The van der Waals surface area contributed by atoms with Crippen LogP contribution in [0, 0.1) is 0 Å². The lowest BCUT2D eigenvalue weighted by molar-refractivity contribution is -0.142. The van der Waals surface area contributed by atoms with E-state index in [2.05, 4.69) is 10.5 Å². The number of ether oxygens (including phenoxy) is 1. The van der Waals surface area contributed by atoms with E-state index < -0.39 is 5.60 Å². The van der Waals surface area contributed by atoms with Crippen LogP contribution in [0.5, 0.6) is 0 Å². The Labute approximate surface area is 182 Å². The Hall–Kier alpha value is -3.19. The first-order chi connectivity index (χ1) is 15.1. The first-order valence-corrected chi connectivity index (χ1v) is 10.6. The van der Waals surface area contributed by atoms with Gasteiger partial charge in [0.25, 0.3) is 5.91 Å². The summed E-state index contributed by atoms with van der Waals surface area (Å²) in [5.74, 6) is -0.223. The van der Waals surface area contributed by atoms with Crippen molar-refractivity contribution >= 4 is 17.5 Å². The maximum absolute atomic E-state index is 12.5. The lowest BCUT2D eigenvalue weighted by Gasteiger charge is -2.37. The molecule has 31 heavy (non-hydrogen) atoms. The molecule has 7 nitrogen and oxygen atoms in total. The predicted molar refractivity (Wildman–Crippen MR) is 116 cm³/mol. The minimum atomic E-state index is -0.485. The highest BCUT2D eigenvalue weighted by Crippen LogP contribution is 2.34. The highest BCUT2D eigenvalue weighted by atomic mass is 16.7. The molecule has 0 atom stereocenters. The molecule has 0 unspecified atom stereocenters. The topological polar surface area (TPSA) is 80.2 Å². The van der Waals surface area contributed by atoms with Crippen LogP contribution in [0.3, 0.4) is 0 Å². The van der Waals surface area contributed by atoms with E-state index in [1.165, 1.54) is 0 Å². The molecule has 1 spiro atoms. The number of rotatable bonds is 7. The quantitative estimate of drug-likeness (QED) is 0.745. The zero-order chi connectivity index (χ0) is 21.5. The van der Waals surface area contributed by atoms with Crippen LogP contribution in [-0.4, -0.2) is 47.7 Å². The van der Waals surface area contributed by atoms with E-state index in [9.17, 15) is 9.59 Å². The molecule has 0 bridgehead atoms. The van der Waals surface area contributed by atoms with Gasteiger partial charge in [-0.25, -0.2) is 0 Å². The summed E-state index contributed by atoms with van der Waals surface area (Å²) in [6.07, 6.45) is 1.77. The summed E-state index contributed by atoms with van der Waals surface area (Å²) >= 11 is 0. The molecule has 2 heterocycles. The number of likely N-dealkylation sites (tertiary alicyclic amines) is 1. The molecule has 1 fully saturated rings. The van der Waals surface area contributed by atoms with Crippen molar-refractivity contribution in [3.8, 4) is 0 Å². The summed E-state index contributed by atoms with van der Waals surface area (Å²) in [7, 11) is 0. The third-order valence-corrected chi connectivity index (χ3v) is 5.76. The zero-order valence-electron chi connectivity index (χ0n) is 17.5. The smallest absolute Gasteiger partial charge is 0.269 e. The fourth-order valence-electron chi connectivity index (χ4n) is 3.88. The minimum absolute atomic E-state index is 0.0227. The Morgan fingerprint density at radius 3 is 2.32 bits per heavy atom. The second-order valence-corrected chi connectivity index (χ2v) is 8.02. The molecule has 2 aromatic rings. The molecule has 2 aromatic carbocycles. The fraction of sp³-hybridized carbons (Fsp3) is 0.375. The van der Waals surface area contributed by atoms with Crippen LogP contribution >= 0.6 is 0 Å². The third kappa shape index (κ3) is 5.49. The van der Waals surface area contributed by atoms with Crippen LogP contribution in [0.1, 0.15) is 30.4 Å². The SMILES string of the molecule is O=C(NCc1ccccc1)C1=NOC2(CCN(C(=O)COCc3ccccc3)CC2)C1. The molecule has 0 aliphatic carbocycles. The van der Waals surface area contributed by atoms with Gasteiger partial charge >= 0.3 is 0 Å². The predicted octanol–water partition coefficient (Wildman–Crippen LogP) is 2.66. The molecule has 4 rings (SSSR count). The number of hydrogen-bond donors (Lipinski definition) is 1. The maximum Gasteiger partial charge on any atom is 0.269 e. The Kier molecular flexibility index (Phi) is 6.62. The van der Waals surface area contributed by atoms with E-state index in [1.807, 2.05) is 60.7 Å². The normalized spacial score (nSPS) is 17.2. The largest absolute Gasteiger partial charge is 0.388 e. The van der Waals surface area contributed by atoms with Gasteiger partial charge in [0.15, 0.2) is 0 Å².